The molecule has 0 fully saturated rings. The van der Waals surface area contributed by atoms with Crippen LogP contribution in [0.1, 0.15) is 40.2 Å². The maximum Gasteiger partial charge on any atom is 0.255 e. The molecule has 1 atom stereocenters. The second-order valence-electron chi connectivity index (χ2n) is 7.19. The van der Waals surface area contributed by atoms with Crippen LogP contribution in [0.25, 0.3) is 0 Å². The summed E-state index contributed by atoms with van der Waals surface area (Å²) in [6, 6.07) is 20.0. The molecule has 31 heavy (non-hydrogen) atoms. The van der Waals surface area contributed by atoms with E-state index < -0.39 is 6.23 Å². The zero-order valence-corrected chi connectivity index (χ0v) is 17.0. The predicted octanol–water partition coefficient (Wildman–Crippen LogP) is 4.63. The van der Waals surface area contributed by atoms with Gasteiger partial charge in [-0.1, -0.05) is 29.8 Å². The van der Waals surface area contributed by atoms with Crippen molar-refractivity contribution < 1.29 is 18.7 Å². The largest absolute Gasteiger partial charge is 0.446 e. The van der Waals surface area contributed by atoms with E-state index in [2.05, 4.69) is 10.4 Å². The Balaban J connectivity index is 1.56. The molecule has 6 nitrogen and oxygen atoms in total. The van der Waals surface area contributed by atoms with Crippen molar-refractivity contribution in [1.29, 1.82) is 0 Å². The fraction of sp³-hybridized carbons (Fsp3) is 0.125. The van der Waals surface area contributed by atoms with Crippen LogP contribution in [0.5, 0.6) is 0 Å². The maximum absolute atomic E-state index is 13.2. The summed E-state index contributed by atoms with van der Waals surface area (Å²) < 4.78 is 19.2. The van der Waals surface area contributed by atoms with Crippen molar-refractivity contribution in [3.8, 4) is 0 Å². The highest BCUT2D eigenvalue weighted by atomic mass is 19.1. The van der Waals surface area contributed by atoms with Crippen molar-refractivity contribution >= 4 is 23.4 Å². The predicted molar refractivity (Wildman–Crippen MR) is 115 cm³/mol. The average molecular weight is 417 g/mol. The molecule has 0 saturated carbocycles. The number of carbonyl (C=O) groups excluding carboxylic acids is 2. The highest BCUT2D eigenvalue weighted by Gasteiger charge is 2.33. The van der Waals surface area contributed by atoms with Gasteiger partial charge in [0.05, 0.1) is 0 Å². The van der Waals surface area contributed by atoms with Gasteiger partial charge in [0.2, 0.25) is 18.0 Å². The number of ether oxygens (including phenoxy) is 1. The number of aryl methyl sites for hydroxylation is 1. The maximum atomic E-state index is 13.2. The van der Waals surface area contributed by atoms with Gasteiger partial charge in [0.15, 0.2) is 0 Å². The van der Waals surface area contributed by atoms with Crippen LogP contribution in [0.4, 0.5) is 10.1 Å². The van der Waals surface area contributed by atoms with Gasteiger partial charge in [-0.15, -0.1) is 5.10 Å². The van der Waals surface area contributed by atoms with Crippen molar-refractivity contribution in [2.24, 2.45) is 5.10 Å². The fourth-order valence-electron chi connectivity index (χ4n) is 3.17. The number of anilines is 1. The molecule has 0 aromatic heterocycles. The monoisotopic (exact) mass is 417 g/mol. The van der Waals surface area contributed by atoms with Crippen molar-refractivity contribution in [3.63, 3.8) is 0 Å². The van der Waals surface area contributed by atoms with Gasteiger partial charge in [0, 0.05) is 29.3 Å². The molecule has 1 unspecified atom stereocenters. The van der Waals surface area contributed by atoms with Crippen LogP contribution in [0.3, 0.4) is 0 Å². The first kappa shape index (κ1) is 20.3. The Morgan fingerprint density at radius 1 is 1.03 bits per heavy atom. The molecule has 156 valence electrons. The normalized spacial score (nSPS) is 15.3. The van der Waals surface area contributed by atoms with E-state index in [9.17, 15) is 14.0 Å². The lowest BCUT2D eigenvalue weighted by atomic mass is 10.1. The molecule has 0 aliphatic carbocycles. The Kier molecular flexibility index (Phi) is 5.49. The lowest BCUT2D eigenvalue weighted by molar-refractivity contribution is -0.135. The number of hydrogen-bond donors (Lipinski definition) is 1. The smallest absolute Gasteiger partial charge is 0.255 e. The van der Waals surface area contributed by atoms with E-state index in [1.165, 1.54) is 36.2 Å². The molecule has 1 N–H and O–H groups in total. The minimum atomic E-state index is -0.797. The molecular weight excluding hydrogens is 397 g/mol. The molecule has 0 radical (unpaired) electrons. The standard InChI is InChI=1S/C24H20FN3O3/c1-15-6-8-17(9-7-15)22(30)26-21-5-3-4-19(14-21)24-28(16(2)29)27-23(31-24)18-10-12-20(25)13-11-18/h3-14,24H,1-2H3,(H,26,30). The second-order valence-corrected chi connectivity index (χ2v) is 7.19. The first-order valence-corrected chi connectivity index (χ1v) is 9.70. The average Bonchev–Trinajstić information content (AvgIpc) is 3.21. The van der Waals surface area contributed by atoms with Crippen molar-refractivity contribution in [2.45, 2.75) is 20.1 Å². The molecule has 1 heterocycles. The molecule has 3 aromatic rings. The number of benzene rings is 3. The van der Waals surface area contributed by atoms with Gasteiger partial charge < -0.3 is 10.1 Å². The zero-order chi connectivity index (χ0) is 22.0. The SMILES string of the molecule is CC(=O)N1N=C(c2ccc(F)cc2)OC1c1cccc(NC(=O)c2ccc(C)cc2)c1. The van der Waals surface area contributed by atoms with Gasteiger partial charge in [-0.3, -0.25) is 9.59 Å². The molecule has 4 rings (SSSR count). The molecule has 2 amide bonds. The number of amides is 2. The third-order valence-electron chi connectivity index (χ3n) is 4.80. The van der Waals surface area contributed by atoms with Crippen LogP contribution in [-0.2, 0) is 9.53 Å². The summed E-state index contributed by atoms with van der Waals surface area (Å²) in [5.41, 5.74) is 3.36. The lowest BCUT2D eigenvalue weighted by Crippen LogP contribution is -2.25. The van der Waals surface area contributed by atoms with Gasteiger partial charge in [0.1, 0.15) is 5.82 Å². The number of hydrazone groups is 1. The van der Waals surface area contributed by atoms with Crippen LogP contribution in [0.2, 0.25) is 0 Å². The van der Waals surface area contributed by atoms with E-state index in [0.29, 0.717) is 22.4 Å². The van der Waals surface area contributed by atoms with Gasteiger partial charge in [-0.25, -0.2) is 4.39 Å². The van der Waals surface area contributed by atoms with E-state index in [-0.39, 0.29) is 23.5 Å². The topological polar surface area (TPSA) is 71.0 Å². The third-order valence-corrected chi connectivity index (χ3v) is 4.80. The van der Waals surface area contributed by atoms with Crippen molar-refractivity contribution in [3.05, 3.63) is 101 Å². The summed E-state index contributed by atoms with van der Waals surface area (Å²) in [5, 5.41) is 8.34. The van der Waals surface area contributed by atoms with Crippen LogP contribution >= 0.6 is 0 Å². The quantitative estimate of drug-likeness (QED) is 0.673. The molecule has 0 saturated heterocycles. The number of nitrogens with one attached hydrogen (secondary N) is 1. The highest BCUT2D eigenvalue weighted by Crippen LogP contribution is 2.31. The van der Waals surface area contributed by atoms with Gasteiger partial charge in [-0.2, -0.15) is 5.01 Å². The molecule has 3 aromatic carbocycles. The second kappa shape index (κ2) is 8.39. The Bertz CT molecular complexity index is 1160. The summed E-state index contributed by atoms with van der Waals surface area (Å²) >= 11 is 0. The Labute approximate surface area is 179 Å². The van der Waals surface area contributed by atoms with E-state index >= 15 is 0 Å². The van der Waals surface area contributed by atoms with Crippen molar-refractivity contribution in [2.75, 3.05) is 5.32 Å². The highest BCUT2D eigenvalue weighted by molar-refractivity contribution is 6.04. The number of nitrogens with zero attached hydrogens (tertiary/aromatic N) is 2. The summed E-state index contributed by atoms with van der Waals surface area (Å²) in [4.78, 5) is 24.7. The van der Waals surface area contributed by atoms with Crippen LogP contribution in [0, 0.1) is 12.7 Å². The van der Waals surface area contributed by atoms with E-state index in [1.807, 2.05) is 19.1 Å². The summed E-state index contributed by atoms with van der Waals surface area (Å²) in [6.45, 7) is 3.34. The number of rotatable bonds is 4. The Morgan fingerprint density at radius 3 is 2.42 bits per heavy atom. The van der Waals surface area contributed by atoms with E-state index in [0.717, 1.165) is 5.56 Å². The van der Waals surface area contributed by atoms with Crippen LogP contribution < -0.4 is 5.32 Å². The van der Waals surface area contributed by atoms with Gasteiger partial charge in [0.25, 0.3) is 5.91 Å². The van der Waals surface area contributed by atoms with E-state index in [4.69, 9.17) is 4.74 Å². The molecule has 0 bridgehead atoms. The number of carbonyl (C=O) groups is 2. The summed E-state index contributed by atoms with van der Waals surface area (Å²) in [7, 11) is 0. The lowest BCUT2D eigenvalue weighted by Gasteiger charge is -2.20. The molecule has 1 aliphatic rings. The number of halogens is 1. The first-order chi connectivity index (χ1) is 14.9. The minimum absolute atomic E-state index is 0.217. The molecular formula is C24H20FN3O3. The molecule has 1 aliphatic heterocycles. The third kappa shape index (κ3) is 4.45. The fourth-order valence-corrected chi connectivity index (χ4v) is 3.17. The first-order valence-electron chi connectivity index (χ1n) is 9.70. The van der Waals surface area contributed by atoms with Gasteiger partial charge >= 0.3 is 0 Å². The van der Waals surface area contributed by atoms with Crippen molar-refractivity contribution in [1.82, 2.24) is 5.01 Å². The minimum Gasteiger partial charge on any atom is -0.446 e. The summed E-state index contributed by atoms with van der Waals surface area (Å²) in [6.07, 6.45) is -0.797. The van der Waals surface area contributed by atoms with E-state index in [1.54, 1.807) is 36.4 Å². The molecule has 0 spiro atoms. The van der Waals surface area contributed by atoms with Crippen LogP contribution in [0.15, 0.2) is 77.9 Å². The molecule has 7 heteroatoms. The van der Waals surface area contributed by atoms with Crippen LogP contribution in [-0.4, -0.2) is 22.7 Å². The van der Waals surface area contributed by atoms with Gasteiger partial charge in [-0.05, 0) is 55.5 Å². The number of hydrogen-bond acceptors (Lipinski definition) is 4. The Morgan fingerprint density at radius 2 is 1.74 bits per heavy atom. The zero-order valence-electron chi connectivity index (χ0n) is 17.0. The summed E-state index contributed by atoms with van der Waals surface area (Å²) in [5.74, 6) is -0.707. The Hall–Kier alpha value is -4.00.